The van der Waals surface area contributed by atoms with Crippen LogP contribution in [0.4, 0.5) is 11.4 Å². The van der Waals surface area contributed by atoms with E-state index < -0.39 is 0 Å². The number of aromatic amines is 1. The van der Waals surface area contributed by atoms with Gasteiger partial charge in [0.2, 0.25) is 5.91 Å². The van der Waals surface area contributed by atoms with Gasteiger partial charge in [-0.2, -0.15) is 0 Å². The van der Waals surface area contributed by atoms with Crippen LogP contribution in [0.1, 0.15) is 12.8 Å². The minimum atomic E-state index is -0.233. The predicted octanol–water partition coefficient (Wildman–Crippen LogP) is 3.13. The van der Waals surface area contributed by atoms with E-state index in [2.05, 4.69) is 20.2 Å². The molecule has 1 saturated carbocycles. The third-order valence-electron chi connectivity index (χ3n) is 4.27. The summed E-state index contributed by atoms with van der Waals surface area (Å²) >= 11 is 0. The summed E-state index contributed by atoms with van der Waals surface area (Å²) in [7, 11) is 0. The van der Waals surface area contributed by atoms with E-state index in [0.29, 0.717) is 22.8 Å². The van der Waals surface area contributed by atoms with Crippen molar-refractivity contribution in [3.8, 4) is 16.9 Å². The van der Waals surface area contributed by atoms with Crippen LogP contribution >= 0.6 is 0 Å². The molecule has 0 radical (unpaired) electrons. The Labute approximate surface area is 149 Å². The van der Waals surface area contributed by atoms with Crippen molar-refractivity contribution in [2.45, 2.75) is 12.8 Å². The summed E-state index contributed by atoms with van der Waals surface area (Å²) in [6.07, 6.45) is 5.02. The highest BCUT2D eigenvalue weighted by atomic mass is 16.2. The Morgan fingerprint density at radius 1 is 1.23 bits per heavy atom. The first-order chi connectivity index (χ1) is 12.7. The Kier molecular flexibility index (Phi) is 3.86. The standard InChI is InChI=1S/C19H15N5O2/c1-20-14-6-4-12(5-7-14)16-11-22-24(19(16)26)17-9-8-15(10-21-17)23-18(25)13-2-3-13/h4-11,13,22H,2-3H2,(H,23,25). The maximum atomic E-state index is 12.6. The van der Waals surface area contributed by atoms with Gasteiger partial charge in [-0.1, -0.05) is 24.3 Å². The van der Waals surface area contributed by atoms with Crippen LogP contribution < -0.4 is 10.9 Å². The van der Waals surface area contributed by atoms with Gasteiger partial charge in [0.15, 0.2) is 11.5 Å². The van der Waals surface area contributed by atoms with Crippen LogP contribution in [0.2, 0.25) is 0 Å². The van der Waals surface area contributed by atoms with Crippen molar-refractivity contribution in [1.82, 2.24) is 14.8 Å². The number of nitrogens with one attached hydrogen (secondary N) is 2. The molecular weight excluding hydrogens is 330 g/mol. The number of aromatic nitrogens is 3. The molecule has 0 bridgehead atoms. The fourth-order valence-corrected chi connectivity index (χ4v) is 2.64. The van der Waals surface area contributed by atoms with E-state index in [-0.39, 0.29) is 17.4 Å². The quantitative estimate of drug-likeness (QED) is 0.713. The summed E-state index contributed by atoms with van der Waals surface area (Å²) in [6, 6.07) is 10.2. The lowest BCUT2D eigenvalue weighted by molar-refractivity contribution is -0.117. The first-order valence-corrected chi connectivity index (χ1v) is 8.21. The Morgan fingerprint density at radius 3 is 2.62 bits per heavy atom. The number of carbonyl (C=O) groups is 1. The Balaban J connectivity index is 1.58. The predicted molar refractivity (Wildman–Crippen MR) is 97.2 cm³/mol. The highest BCUT2D eigenvalue weighted by Gasteiger charge is 2.29. The SMILES string of the molecule is [C-]#[N+]c1ccc(-c2c[nH]n(-c3ccc(NC(=O)C4CC4)cn3)c2=O)cc1. The van der Waals surface area contributed by atoms with Gasteiger partial charge in [-0.15, -0.1) is 0 Å². The number of carbonyl (C=O) groups excluding carboxylic acids is 1. The smallest absolute Gasteiger partial charge is 0.280 e. The van der Waals surface area contributed by atoms with Crippen LogP contribution in [0.3, 0.4) is 0 Å². The monoisotopic (exact) mass is 345 g/mol. The zero-order valence-corrected chi connectivity index (χ0v) is 13.8. The number of H-pyrrole nitrogens is 1. The Bertz CT molecular complexity index is 1050. The number of hydrogen-bond donors (Lipinski definition) is 2. The molecule has 0 atom stereocenters. The van der Waals surface area contributed by atoms with Crippen molar-refractivity contribution in [3.63, 3.8) is 0 Å². The molecule has 1 fully saturated rings. The van der Waals surface area contributed by atoms with E-state index in [9.17, 15) is 9.59 Å². The van der Waals surface area contributed by atoms with E-state index in [1.807, 2.05) is 0 Å². The summed E-state index contributed by atoms with van der Waals surface area (Å²) in [6.45, 7) is 6.98. The van der Waals surface area contributed by atoms with Gasteiger partial charge in [0.1, 0.15) is 0 Å². The lowest BCUT2D eigenvalue weighted by Gasteiger charge is -2.05. The maximum Gasteiger partial charge on any atom is 0.280 e. The lowest BCUT2D eigenvalue weighted by atomic mass is 10.1. The van der Waals surface area contributed by atoms with Crippen LogP contribution in [-0.2, 0) is 4.79 Å². The van der Waals surface area contributed by atoms with Crippen LogP contribution in [0.5, 0.6) is 0 Å². The van der Waals surface area contributed by atoms with Crippen molar-refractivity contribution in [2.75, 3.05) is 5.32 Å². The molecule has 0 spiro atoms. The number of anilines is 1. The first kappa shape index (κ1) is 15.8. The van der Waals surface area contributed by atoms with Crippen molar-refractivity contribution < 1.29 is 4.79 Å². The Morgan fingerprint density at radius 2 is 2.00 bits per heavy atom. The van der Waals surface area contributed by atoms with Gasteiger partial charge in [0, 0.05) is 12.1 Å². The summed E-state index contributed by atoms with van der Waals surface area (Å²) < 4.78 is 1.34. The van der Waals surface area contributed by atoms with Gasteiger partial charge in [-0.3, -0.25) is 14.7 Å². The summed E-state index contributed by atoms with van der Waals surface area (Å²) in [5, 5.41) is 5.72. The molecule has 26 heavy (non-hydrogen) atoms. The molecule has 1 aliphatic carbocycles. The second kappa shape index (κ2) is 6.33. The van der Waals surface area contributed by atoms with Crippen molar-refractivity contribution in [2.24, 2.45) is 5.92 Å². The first-order valence-electron chi connectivity index (χ1n) is 8.21. The fourth-order valence-electron chi connectivity index (χ4n) is 2.64. The van der Waals surface area contributed by atoms with E-state index in [1.54, 1.807) is 42.6 Å². The molecule has 1 aliphatic rings. The molecule has 7 nitrogen and oxygen atoms in total. The molecule has 2 heterocycles. The average molecular weight is 345 g/mol. The van der Waals surface area contributed by atoms with E-state index in [4.69, 9.17) is 6.57 Å². The minimum absolute atomic E-state index is 0.0155. The van der Waals surface area contributed by atoms with Crippen molar-refractivity contribution in [1.29, 1.82) is 0 Å². The third kappa shape index (κ3) is 3.00. The minimum Gasteiger partial charge on any atom is -0.324 e. The number of hydrogen-bond acceptors (Lipinski definition) is 3. The van der Waals surface area contributed by atoms with E-state index in [0.717, 1.165) is 18.4 Å². The number of nitrogens with zero attached hydrogens (tertiary/aromatic N) is 3. The summed E-state index contributed by atoms with van der Waals surface area (Å²) in [4.78, 5) is 32.0. The molecule has 2 N–H and O–H groups in total. The molecule has 0 aliphatic heterocycles. The van der Waals surface area contributed by atoms with Crippen LogP contribution in [0.15, 0.2) is 53.6 Å². The summed E-state index contributed by atoms with van der Waals surface area (Å²) in [5.41, 5.74) is 2.12. The van der Waals surface area contributed by atoms with Crippen molar-refractivity contribution >= 4 is 17.3 Å². The molecule has 2 aromatic heterocycles. The molecule has 0 saturated heterocycles. The second-order valence-corrected chi connectivity index (χ2v) is 6.15. The zero-order valence-electron chi connectivity index (χ0n) is 13.8. The van der Waals surface area contributed by atoms with Crippen LogP contribution in [0.25, 0.3) is 21.8 Å². The molecule has 3 aromatic rings. The Hall–Kier alpha value is -3.66. The molecule has 128 valence electrons. The van der Waals surface area contributed by atoms with E-state index >= 15 is 0 Å². The molecule has 4 rings (SSSR count). The van der Waals surface area contributed by atoms with Gasteiger partial charge in [0.25, 0.3) is 5.56 Å². The van der Waals surface area contributed by atoms with Gasteiger partial charge in [-0.05, 0) is 30.5 Å². The van der Waals surface area contributed by atoms with Crippen LogP contribution in [0, 0.1) is 12.5 Å². The van der Waals surface area contributed by atoms with E-state index in [1.165, 1.54) is 10.9 Å². The zero-order chi connectivity index (χ0) is 18.1. The third-order valence-corrected chi connectivity index (χ3v) is 4.27. The van der Waals surface area contributed by atoms with Gasteiger partial charge >= 0.3 is 0 Å². The molecule has 1 aromatic carbocycles. The lowest BCUT2D eigenvalue weighted by Crippen LogP contribution is -2.17. The highest BCUT2D eigenvalue weighted by molar-refractivity contribution is 5.93. The molecule has 7 heteroatoms. The normalized spacial score (nSPS) is 13.2. The average Bonchev–Trinajstić information content (AvgIpc) is 3.46. The van der Waals surface area contributed by atoms with Gasteiger partial charge in [-0.25, -0.2) is 14.5 Å². The fraction of sp³-hybridized carbons (Fsp3) is 0.158. The molecule has 0 unspecified atom stereocenters. The number of rotatable bonds is 4. The maximum absolute atomic E-state index is 12.6. The second-order valence-electron chi connectivity index (χ2n) is 6.15. The topological polar surface area (TPSA) is 84.1 Å². The molecule has 1 amide bonds. The highest BCUT2D eigenvalue weighted by Crippen LogP contribution is 2.30. The number of amides is 1. The van der Waals surface area contributed by atoms with Crippen LogP contribution in [-0.4, -0.2) is 20.7 Å². The van der Waals surface area contributed by atoms with Gasteiger partial charge < -0.3 is 5.32 Å². The largest absolute Gasteiger partial charge is 0.324 e. The number of benzene rings is 1. The summed E-state index contributed by atoms with van der Waals surface area (Å²) in [5.74, 6) is 0.572. The van der Waals surface area contributed by atoms with Gasteiger partial charge in [0.05, 0.1) is 24.0 Å². The van der Waals surface area contributed by atoms with Crippen molar-refractivity contribution in [3.05, 3.63) is 70.6 Å². The number of pyridine rings is 1. The molecular formula is C19H15N5O2.